The highest BCUT2D eigenvalue weighted by Crippen LogP contribution is 2.24. The highest BCUT2D eigenvalue weighted by atomic mass is 14.8. The summed E-state index contributed by atoms with van der Waals surface area (Å²) in [6.07, 6.45) is 3.93. The van der Waals surface area contributed by atoms with Gasteiger partial charge in [0.15, 0.2) is 0 Å². The van der Waals surface area contributed by atoms with Crippen LogP contribution in [0.5, 0.6) is 0 Å². The van der Waals surface area contributed by atoms with Crippen LogP contribution in [0, 0.1) is 0 Å². The quantitative estimate of drug-likeness (QED) is 0.720. The van der Waals surface area contributed by atoms with Crippen LogP contribution in [0.3, 0.4) is 0 Å². The summed E-state index contributed by atoms with van der Waals surface area (Å²) in [7, 11) is 0. The van der Waals surface area contributed by atoms with Crippen molar-refractivity contribution in [3.8, 4) is 0 Å². The SMILES string of the molecule is CC.CCC(C)(N)CC(N)(CC)CC. The van der Waals surface area contributed by atoms with E-state index in [9.17, 15) is 0 Å². The maximum Gasteiger partial charge on any atom is 0.0166 e. The fraction of sp³-hybridized carbons (Fsp3) is 1.00. The monoisotopic (exact) mass is 202 g/mol. The normalized spacial score (nSPS) is 15.4. The Hall–Kier alpha value is -0.0800. The first-order valence-electron chi connectivity index (χ1n) is 5.97. The zero-order valence-electron chi connectivity index (χ0n) is 11.0. The van der Waals surface area contributed by atoms with Crippen molar-refractivity contribution in [3.05, 3.63) is 0 Å². The second-order valence-electron chi connectivity index (χ2n) is 4.25. The molecule has 1 unspecified atom stereocenters. The summed E-state index contributed by atoms with van der Waals surface area (Å²) in [5, 5.41) is 0. The molecule has 0 aromatic heterocycles. The summed E-state index contributed by atoms with van der Waals surface area (Å²) in [6, 6.07) is 0. The lowest BCUT2D eigenvalue weighted by molar-refractivity contribution is 0.270. The van der Waals surface area contributed by atoms with Gasteiger partial charge in [0, 0.05) is 11.1 Å². The molecule has 14 heavy (non-hydrogen) atoms. The maximum atomic E-state index is 6.18. The molecule has 0 aromatic carbocycles. The minimum absolute atomic E-state index is 0.0560. The van der Waals surface area contributed by atoms with Crippen LogP contribution < -0.4 is 11.5 Å². The topological polar surface area (TPSA) is 52.0 Å². The van der Waals surface area contributed by atoms with Crippen LogP contribution in [-0.4, -0.2) is 11.1 Å². The molecule has 0 spiro atoms. The lowest BCUT2D eigenvalue weighted by Crippen LogP contribution is -2.49. The largest absolute Gasteiger partial charge is 0.325 e. The molecule has 0 bridgehead atoms. The predicted molar refractivity (Wildman–Crippen MR) is 66.3 cm³/mol. The molecule has 0 rings (SSSR count). The van der Waals surface area contributed by atoms with E-state index in [2.05, 4.69) is 27.7 Å². The van der Waals surface area contributed by atoms with Crippen molar-refractivity contribution in [1.82, 2.24) is 0 Å². The Bertz CT molecular complexity index is 126. The molecule has 0 aliphatic heterocycles. The highest BCUT2D eigenvalue weighted by Gasteiger charge is 2.29. The van der Waals surface area contributed by atoms with Gasteiger partial charge in [-0.2, -0.15) is 0 Å². The van der Waals surface area contributed by atoms with Crippen LogP contribution in [0.1, 0.15) is 67.2 Å². The van der Waals surface area contributed by atoms with Gasteiger partial charge in [0.2, 0.25) is 0 Å². The molecule has 0 aliphatic carbocycles. The summed E-state index contributed by atoms with van der Waals surface area (Å²) in [6.45, 7) is 12.5. The Kier molecular flexibility index (Phi) is 8.46. The minimum atomic E-state index is -0.0965. The molecule has 0 amide bonds. The van der Waals surface area contributed by atoms with Crippen LogP contribution in [0.2, 0.25) is 0 Å². The van der Waals surface area contributed by atoms with Crippen molar-refractivity contribution in [2.45, 2.75) is 78.3 Å². The van der Waals surface area contributed by atoms with Gasteiger partial charge < -0.3 is 11.5 Å². The molecule has 4 N–H and O–H groups in total. The van der Waals surface area contributed by atoms with E-state index in [-0.39, 0.29) is 11.1 Å². The summed E-state index contributed by atoms with van der Waals surface area (Å²) in [5.41, 5.74) is 12.1. The number of hydrogen-bond donors (Lipinski definition) is 2. The summed E-state index contributed by atoms with van der Waals surface area (Å²) in [5.74, 6) is 0. The van der Waals surface area contributed by atoms with Crippen molar-refractivity contribution in [1.29, 1.82) is 0 Å². The van der Waals surface area contributed by atoms with E-state index < -0.39 is 0 Å². The van der Waals surface area contributed by atoms with Crippen molar-refractivity contribution in [2.24, 2.45) is 11.5 Å². The number of rotatable bonds is 5. The average Bonchev–Trinajstić information content (AvgIpc) is 2.20. The van der Waals surface area contributed by atoms with Crippen LogP contribution in [-0.2, 0) is 0 Å². The molecule has 0 saturated carbocycles. The molecule has 0 fully saturated rings. The third kappa shape index (κ3) is 6.39. The standard InChI is InChI=1S/C10H24N2.C2H6/c1-5-9(4,11)8-10(12,6-2)7-3;1-2/h5-8,11-12H2,1-4H3;1-2H3. The smallest absolute Gasteiger partial charge is 0.0166 e. The highest BCUT2D eigenvalue weighted by molar-refractivity contribution is 4.91. The van der Waals surface area contributed by atoms with Gasteiger partial charge in [-0.3, -0.25) is 0 Å². The van der Waals surface area contributed by atoms with Crippen molar-refractivity contribution in [2.75, 3.05) is 0 Å². The van der Waals surface area contributed by atoms with E-state index >= 15 is 0 Å². The van der Waals surface area contributed by atoms with E-state index in [0.717, 1.165) is 25.7 Å². The molecule has 2 heteroatoms. The first-order chi connectivity index (χ1) is 6.39. The fourth-order valence-electron chi connectivity index (χ4n) is 1.43. The first-order valence-corrected chi connectivity index (χ1v) is 5.97. The predicted octanol–water partition coefficient (Wildman–Crippen LogP) is 3.05. The van der Waals surface area contributed by atoms with Gasteiger partial charge >= 0.3 is 0 Å². The Morgan fingerprint density at radius 3 is 1.43 bits per heavy atom. The summed E-state index contributed by atoms with van der Waals surface area (Å²) >= 11 is 0. The molecule has 0 radical (unpaired) electrons. The number of hydrogen-bond acceptors (Lipinski definition) is 2. The number of nitrogens with two attached hydrogens (primary N) is 2. The van der Waals surface area contributed by atoms with Gasteiger partial charge in [-0.1, -0.05) is 34.6 Å². The Morgan fingerprint density at radius 2 is 1.21 bits per heavy atom. The maximum absolute atomic E-state index is 6.18. The van der Waals surface area contributed by atoms with Crippen molar-refractivity contribution >= 4 is 0 Å². The average molecular weight is 202 g/mol. The molecule has 2 nitrogen and oxygen atoms in total. The third-order valence-electron chi connectivity index (χ3n) is 2.97. The molecule has 0 saturated heterocycles. The van der Waals surface area contributed by atoms with Crippen LogP contribution in [0.4, 0.5) is 0 Å². The van der Waals surface area contributed by atoms with E-state index in [1.807, 2.05) is 13.8 Å². The lowest BCUT2D eigenvalue weighted by atomic mass is 9.79. The van der Waals surface area contributed by atoms with Crippen LogP contribution in [0.15, 0.2) is 0 Å². The molecule has 0 heterocycles. The molecule has 1 atom stereocenters. The van der Waals surface area contributed by atoms with Gasteiger partial charge in [-0.25, -0.2) is 0 Å². The molecular formula is C12H30N2. The molecule has 0 aromatic rings. The zero-order chi connectivity index (χ0) is 11.8. The van der Waals surface area contributed by atoms with E-state index in [0.29, 0.717) is 0 Å². The third-order valence-corrected chi connectivity index (χ3v) is 2.97. The Morgan fingerprint density at radius 1 is 0.857 bits per heavy atom. The Labute approximate surface area is 90.4 Å². The van der Waals surface area contributed by atoms with E-state index in [1.165, 1.54) is 0 Å². The van der Waals surface area contributed by atoms with E-state index in [4.69, 9.17) is 11.5 Å². The zero-order valence-corrected chi connectivity index (χ0v) is 11.0. The first kappa shape index (κ1) is 16.4. The van der Waals surface area contributed by atoms with Crippen molar-refractivity contribution in [3.63, 3.8) is 0 Å². The summed E-state index contributed by atoms with van der Waals surface area (Å²) in [4.78, 5) is 0. The van der Waals surface area contributed by atoms with Gasteiger partial charge in [0.25, 0.3) is 0 Å². The molecule has 0 aliphatic rings. The second kappa shape index (κ2) is 7.24. The fourth-order valence-corrected chi connectivity index (χ4v) is 1.43. The summed E-state index contributed by atoms with van der Waals surface area (Å²) < 4.78 is 0. The van der Waals surface area contributed by atoms with E-state index in [1.54, 1.807) is 0 Å². The Balaban J connectivity index is 0. The van der Waals surface area contributed by atoms with Gasteiger partial charge in [0.05, 0.1) is 0 Å². The molecular weight excluding hydrogens is 172 g/mol. The van der Waals surface area contributed by atoms with Gasteiger partial charge in [-0.15, -0.1) is 0 Å². The van der Waals surface area contributed by atoms with Gasteiger partial charge in [0.1, 0.15) is 0 Å². The van der Waals surface area contributed by atoms with Crippen LogP contribution >= 0.6 is 0 Å². The lowest BCUT2D eigenvalue weighted by Gasteiger charge is -2.35. The minimum Gasteiger partial charge on any atom is -0.325 e. The van der Waals surface area contributed by atoms with Gasteiger partial charge in [-0.05, 0) is 32.6 Å². The van der Waals surface area contributed by atoms with Crippen LogP contribution in [0.25, 0.3) is 0 Å². The molecule has 88 valence electrons. The van der Waals surface area contributed by atoms with Crippen molar-refractivity contribution < 1.29 is 0 Å². The second-order valence-corrected chi connectivity index (χ2v) is 4.25.